The van der Waals surface area contributed by atoms with Gasteiger partial charge >= 0.3 is 0 Å². The van der Waals surface area contributed by atoms with Gasteiger partial charge in [0.05, 0.1) is 12.1 Å². The molecule has 0 bridgehead atoms. The van der Waals surface area contributed by atoms with Crippen molar-refractivity contribution in [3.8, 4) is 0 Å². The van der Waals surface area contributed by atoms with Crippen LogP contribution in [0.3, 0.4) is 0 Å². The Kier molecular flexibility index (Phi) is 6.56. The van der Waals surface area contributed by atoms with E-state index in [4.69, 9.17) is 12.2 Å². The third kappa shape index (κ3) is 4.68. The molecule has 1 N–H and O–H groups in total. The topological polar surface area (TPSA) is 52.7 Å². The minimum Gasteiger partial charge on any atom is -0.326 e. The summed E-state index contributed by atoms with van der Waals surface area (Å²) in [5, 5.41) is 2.99. The van der Waals surface area contributed by atoms with Gasteiger partial charge in [0.1, 0.15) is 11.9 Å². The normalized spacial score (nSPS) is 15.8. The van der Waals surface area contributed by atoms with Crippen molar-refractivity contribution in [3.63, 3.8) is 0 Å². The van der Waals surface area contributed by atoms with E-state index in [1.54, 1.807) is 30.3 Å². The first kappa shape index (κ1) is 21.6. The van der Waals surface area contributed by atoms with Crippen molar-refractivity contribution in [1.82, 2.24) is 4.90 Å². The third-order valence-electron chi connectivity index (χ3n) is 5.31. The molecule has 1 aliphatic rings. The van der Waals surface area contributed by atoms with Crippen LogP contribution in [0.1, 0.15) is 12.0 Å². The summed E-state index contributed by atoms with van der Waals surface area (Å²) in [6.07, 6.45) is 0.449. The van der Waals surface area contributed by atoms with Gasteiger partial charge in [0.15, 0.2) is 5.11 Å². The summed E-state index contributed by atoms with van der Waals surface area (Å²) in [7, 11) is 0. The lowest BCUT2D eigenvalue weighted by Crippen LogP contribution is -2.38. The minimum atomic E-state index is -0.918. The summed E-state index contributed by atoms with van der Waals surface area (Å²) in [5.74, 6) is -1.15. The van der Waals surface area contributed by atoms with Gasteiger partial charge in [-0.1, -0.05) is 60.7 Å². The molecule has 3 aromatic carbocycles. The van der Waals surface area contributed by atoms with Gasteiger partial charge in [0.2, 0.25) is 5.91 Å². The van der Waals surface area contributed by atoms with Gasteiger partial charge in [-0.25, -0.2) is 4.39 Å². The lowest BCUT2D eigenvalue weighted by atomic mass is 10.1. The van der Waals surface area contributed by atoms with Gasteiger partial charge in [-0.05, 0) is 48.5 Å². The van der Waals surface area contributed by atoms with Crippen molar-refractivity contribution in [2.24, 2.45) is 0 Å². The molecule has 0 radical (unpaired) electrons. The van der Waals surface area contributed by atoms with Crippen molar-refractivity contribution in [1.29, 1.82) is 0 Å². The van der Waals surface area contributed by atoms with Crippen LogP contribution < -0.4 is 10.2 Å². The fourth-order valence-electron chi connectivity index (χ4n) is 3.75. The van der Waals surface area contributed by atoms with Crippen LogP contribution in [0, 0.1) is 5.82 Å². The maximum absolute atomic E-state index is 14.6. The van der Waals surface area contributed by atoms with E-state index < -0.39 is 11.9 Å². The van der Waals surface area contributed by atoms with Gasteiger partial charge in [-0.2, -0.15) is 0 Å². The quantitative estimate of drug-likeness (QED) is 0.546. The number of carbonyl (C=O) groups excluding carboxylic acids is 2. The predicted octanol–water partition coefficient (Wildman–Crippen LogP) is 4.40. The molecule has 0 aromatic heterocycles. The molecule has 7 heteroatoms. The molecule has 5 nitrogen and oxygen atoms in total. The van der Waals surface area contributed by atoms with Crippen LogP contribution in [-0.2, 0) is 16.0 Å². The highest BCUT2D eigenvalue weighted by molar-refractivity contribution is 7.80. The second-order valence-electron chi connectivity index (χ2n) is 7.46. The first-order valence-electron chi connectivity index (χ1n) is 10.3. The molecule has 1 aliphatic heterocycles. The van der Waals surface area contributed by atoms with Crippen LogP contribution >= 0.6 is 12.2 Å². The number of anilines is 2. The van der Waals surface area contributed by atoms with E-state index in [-0.39, 0.29) is 29.0 Å². The molecular formula is C25H22FN3O2S. The van der Waals surface area contributed by atoms with E-state index in [2.05, 4.69) is 5.32 Å². The zero-order chi connectivity index (χ0) is 22.5. The van der Waals surface area contributed by atoms with Crippen LogP contribution in [0.5, 0.6) is 0 Å². The predicted molar refractivity (Wildman–Crippen MR) is 127 cm³/mol. The number of carbonyl (C=O) groups is 2. The molecular weight excluding hydrogens is 425 g/mol. The number of nitrogens with one attached hydrogen (secondary N) is 1. The maximum atomic E-state index is 14.6. The van der Waals surface area contributed by atoms with Crippen LogP contribution in [0.4, 0.5) is 15.8 Å². The summed E-state index contributed by atoms with van der Waals surface area (Å²) in [6.45, 7) is 0.351. The van der Waals surface area contributed by atoms with Crippen molar-refractivity contribution in [2.45, 2.75) is 18.9 Å². The molecule has 3 aromatic rings. The summed E-state index contributed by atoms with van der Waals surface area (Å²) < 4.78 is 14.6. The Morgan fingerprint density at radius 2 is 1.56 bits per heavy atom. The summed E-state index contributed by atoms with van der Waals surface area (Å²) in [5.41, 5.74) is 1.88. The standard InChI is InChI=1S/C25H22FN3O2S/c26-20-13-7-8-14-21(20)29-22(17-23(30)27-19-11-5-2-6-12-19)24(31)28(25(29)32)16-15-18-9-3-1-4-10-18/h1-14,22H,15-17H2,(H,27,30). The Morgan fingerprint density at radius 3 is 2.25 bits per heavy atom. The van der Waals surface area contributed by atoms with Gasteiger partial charge in [-0.15, -0.1) is 0 Å². The SMILES string of the molecule is O=C(CC1C(=O)N(CCc2ccccc2)C(=S)N1c1ccccc1F)Nc1ccccc1. The molecule has 1 atom stereocenters. The lowest BCUT2D eigenvalue weighted by molar-refractivity contribution is -0.129. The molecule has 0 saturated carbocycles. The maximum Gasteiger partial charge on any atom is 0.252 e. The molecule has 1 unspecified atom stereocenters. The number of nitrogens with zero attached hydrogens (tertiary/aromatic N) is 2. The Balaban J connectivity index is 1.57. The third-order valence-corrected chi connectivity index (χ3v) is 5.73. The van der Waals surface area contributed by atoms with E-state index in [0.717, 1.165) is 5.56 Å². The second kappa shape index (κ2) is 9.70. The zero-order valence-corrected chi connectivity index (χ0v) is 18.1. The van der Waals surface area contributed by atoms with Crippen molar-refractivity contribution in [3.05, 3.63) is 96.3 Å². The minimum absolute atomic E-state index is 0.149. The van der Waals surface area contributed by atoms with Crippen molar-refractivity contribution < 1.29 is 14.0 Å². The Hall–Kier alpha value is -3.58. The van der Waals surface area contributed by atoms with E-state index >= 15 is 0 Å². The zero-order valence-electron chi connectivity index (χ0n) is 17.3. The van der Waals surface area contributed by atoms with E-state index in [1.165, 1.54) is 15.9 Å². The fourth-order valence-corrected chi connectivity index (χ4v) is 4.15. The van der Waals surface area contributed by atoms with Crippen molar-refractivity contribution >= 4 is 40.5 Å². The van der Waals surface area contributed by atoms with Gasteiger partial charge < -0.3 is 10.2 Å². The molecule has 4 rings (SSSR count). The number of hydrogen-bond acceptors (Lipinski definition) is 3. The lowest BCUT2D eigenvalue weighted by Gasteiger charge is -2.24. The molecule has 2 amide bonds. The first-order chi connectivity index (χ1) is 15.5. The molecule has 162 valence electrons. The number of halogens is 1. The average Bonchev–Trinajstić information content (AvgIpc) is 3.03. The largest absolute Gasteiger partial charge is 0.326 e. The smallest absolute Gasteiger partial charge is 0.252 e. The van der Waals surface area contributed by atoms with E-state index in [0.29, 0.717) is 18.7 Å². The summed E-state index contributed by atoms with van der Waals surface area (Å²) >= 11 is 5.59. The van der Waals surface area contributed by atoms with Crippen molar-refractivity contribution in [2.75, 3.05) is 16.8 Å². The van der Waals surface area contributed by atoms with Gasteiger partial charge in [-0.3, -0.25) is 14.5 Å². The Morgan fingerprint density at radius 1 is 0.938 bits per heavy atom. The summed E-state index contributed by atoms with van der Waals surface area (Å²) in [4.78, 5) is 29.0. The molecule has 32 heavy (non-hydrogen) atoms. The second-order valence-corrected chi connectivity index (χ2v) is 7.83. The molecule has 1 heterocycles. The van der Waals surface area contributed by atoms with Gasteiger partial charge in [0.25, 0.3) is 5.91 Å². The van der Waals surface area contributed by atoms with Crippen LogP contribution in [-0.4, -0.2) is 34.4 Å². The van der Waals surface area contributed by atoms with Crippen LogP contribution in [0.2, 0.25) is 0 Å². The van der Waals surface area contributed by atoms with Crippen LogP contribution in [0.25, 0.3) is 0 Å². The fraction of sp³-hybridized carbons (Fsp3) is 0.160. The number of hydrogen-bond donors (Lipinski definition) is 1. The van der Waals surface area contributed by atoms with Gasteiger partial charge in [0, 0.05) is 12.2 Å². The highest BCUT2D eigenvalue weighted by atomic mass is 32.1. The Labute approximate surface area is 191 Å². The number of thiocarbonyl (C=S) groups is 1. The molecule has 0 aliphatic carbocycles. The molecule has 0 spiro atoms. The molecule has 1 fully saturated rings. The highest BCUT2D eigenvalue weighted by Gasteiger charge is 2.44. The van der Waals surface area contributed by atoms with E-state index in [1.807, 2.05) is 48.5 Å². The number of para-hydroxylation sites is 2. The number of amides is 2. The highest BCUT2D eigenvalue weighted by Crippen LogP contribution is 2.30. The number of rotatable bonds is 7. The summed E-state index contributed by atoms with van der Waals surface area (Å²) in [6, 6.07) is 24.0. The first-order valence-corrected chi connectivity index (χ1v) is 10.7. The Bertz CT molecular complexity index is 1120. The monoisotopic (exact) mass is 447 g/mol. The number of benzene rings is 3. The van der Waals surface area contributed by atoms with Crippen LogP contribution in [0.15, 0.2) is 84.9 Å². The van der Waals surface area contributed by atoms with E-state index in [9.17, 15) is 14.0 Å². The molecule has 1 saturated heterocycles. The average molecular weight is 448 g/mol.